The summed E-state index contributed by atoms with van der Waals surface area (Å²) in [4.78, 5) is 8.67. The molecule has 4 rings (SSSR count). The first kappa shape index (κ1) is 11.4. The minimum Gasteiger partial charge on any atom is -0.334 e. The van der Waals surface area contributed by atoms with Gasteiger partial charge in [-0.2, -0.15) is 0 Å². The summed E-state index contributed by atoms with van der Waals surface area (Å²) in [6.07, 6.45) is 8.73. The number of benzene rings is 1. The zero-order valence-electron chi connectivity index (χ0n) is 11.1. The minimum atomic E-state index is 0.509. The number of hydrogen-bond acceptors (Lipinski definition) is 2. The topological polar surface area (TPSA) is 30.7 Å². The molecule has 3 heteroatoms. The molecule has 20 heavy (non-hydrogen) atoms. The lowest BCUT2D eigenvalue weighted by atomic mass is 9.90. The highest BCUT2D eigenvalue weighted by Crippen LogP contribution is 2.34. The molecule has 0 bridgehead atoms. The molecule has 0 saturated carbocycles. The van der Waals surface area contributed by atoms with Crippen molar-refractivity contribution in [3.63, 3.8) is 0 Å². The van der Waals surface area contributed by atoms with E-state index in [1.807, 2.05) is 24.7 Å². The van der Waals surface area contributed by atoms with Crippen LogP contribution in [-0.4, -0.2) is 14.5 Å². The first-order valence-corrected chi connectivity index (χ1v) is 6.91. The molecule has 3 nitrogen and oxygen atoms in total. The van der Waals surface area contributed by atoms with E-state index in [4.69, 9.17) is 0 Å². The maximum absolute atomic E-state index is 4.43. The molecule has 0 radical (unpaired) electrons. The highest BCUT2D eigenvalue weighted by Gasteiger charge is 2.25. The first-order valence-electron chi connectivity index (χ1n) is 6.91. The lowest BCUT2D eigenvalue weighted by Crippen LogP contribution is -2.02. The lowest BCUT2D eigenvalue weighted by molar-refractivity contribution is 0.653. The van der Waals surface area contributed by atoms with Crippen LogP contribution in [0, 0.1) is 0 Å². The second-order valence-electron chi connectivity index (χ2n) is 5.23. The predicted molar refractivity (Wildman–Crippen MR) is 78.3 cm³/mol. The molecule has 0 N–H and O–H groups in total. The summed E-state index contributed by atoms with van der Waals surface area (Å²) < 4.78 is 2.25. The van der Waals surface area contributed by atoms with E-state index in [0.717, 1.165) is 13.0 Å². The van der Waals surface area contributed by atoms with E-state index < -0.39 is 0 Å². The van der Waals surface area contributed by atoms with Gasteiger partial charge in [0.25, 0.3) is 0 Å². The monoisotopic (exact) mass is 261 g/mol. The fourth-order valence-electron chi connectivity index (χ4n) is 3.06. The molecule has 1 aliphatic rings. The Morgan fingerprint density at radius 3 is 2.85 bits per heavy atom. The molecule has 0 unspecified atom stereocenters. The van der Waals surface area contributed by atoms with Crippen LogP contribution < -0.4 is 0 Å². The molecule has 1 atom stereocenters. The number of pyridine rings is 1. The Hall–Kier alpha value is -2.42. The van der Waals surface area contributed by atoms with Gasteiger partial charge in [-0.3, -0.25) is 4.98 Å². The molecule has 1 aliphatic heterocycles. The normalized spacial score (nSPS) is 17.1. The highest BCUT2D eigenvalue weighted by atomic mass is 15.1. The van der Waals surface area contributed by atoms with Gasteiger partial charge in [-0.05, 0) is 17.2 Å². The average molecular weight is 261 g/mol. The zero-order valence-corrected chi connectivity index (χ0v) is 11.1. The van der Waals surface area contributed by atoms with Crippen LogP contribution >= 0.6 is 0 Å². The Labute approximate surface area is 117 Å². The van der Waals surface area contributed by atoms with Crippen LogP contribution in [0.2, 0.25) is 0 Å². The van der Waals surface area contributed by atoms with E-state index in [2.05, 4.69) is 51.1 Å². The van der Waals surface area contributed by atoms with E-state index in [1.165, 1.54) is 22.5 Å². The van der Waals surface area contributed by atoms with Gasteiger partial charge < -0.3 is 4.57 Å². The van der Waals surface area contributed by atoms with E-state index in [1.54, 1.807) is 0 Å². The van der Waals surface area contributed by atoms with Crippen molar-refractivity contribution in [2.24, 2.45) is 0 Å². The predicted octanol–water partition coefficient (Wildman–Crippen LogP) is 3.29. The third-order valence-electron chi connectivity index (χ3n) is 4.02. The van der Waals surface area contributed by atoms with Crippen LogP contribution in [0.4, 0.5) is 0 Å². The summed E-state index contributed by atoms with van der Waals surface area (Å²) in [5, 5.41) is 0. The molecule has 0 spiro atoms. The Balaban J connectivity index is 1.75. The molecular formula is C17H15N3. The van der Waals surface area contributed by atoms with Gasteiger partial charge in [0.2, 0.25) is 0 Å². The van der Waals surface area contributed by atoms with E-state index in [0.29, 0.717) is 5.92 Å². The van der Waals surface area contributed by atoms with Crippen molar-refractivity contribution in [1.82, 2.24) is 14.5 Å². The lowest BCUT2D eigenvalue weighted by Gasteiger charge is -2.15. The van der Waals surface area contributed by atoms with Gasteiger partial charge in [-0.15, -0.1) is 0 Å². The van der Waals surface area contributed by atoms with Crippen molar-refractivity contribution in [1.29, 1.82) is 0 Å². The molecule has 3 heterocycles. The Morgan fingerprint density at radius 2 is 2.00 bits per heavy atom. The van der Waals surface area contributed by atoms with Crippen LogP contribution in [0.1, 0.15) is 17.3 Å². The maximum Gasteiger partial charge on any atom is 0.109 e. The molecule has 0 fully saturated rings. The summed E-state index contributed by atoms with van der Waals surface area (Å²) in [5.74, 6) is 1.70. The summed E-state index contributed by atoms with van der Waals surface area (Å²) in [6, 6.07) is 12.8. The van der Waals surface area contributed by atoms with E-state index in [9.17, 15) is 0 Å². The number of rotatable bonds is 2. The second-order valence-corrected chi connectivity index (χ2v) is 5.23. The first-order chi connectivity index (χ1) is 9.92. The molecule has 0 aliphatic carbocycles. The minimum absolute atomic E-state index is 0.509. The zero-order chi connectivity index (χ0) is 13.4. The van der Waals surface area contributed by atoms with Gasteiger partial charge in [0.15, 0.2) is 0 Å². The quantitative estimate of drug-likeness (QED) is 0.708. The SMILES string of the molecule is c1cncc(-c2ccccc2[C@@H]2Cc3nccn3C2)c1. The van der Waals surface area contributed by atoms with Crippen molar-refractivity contribution in [3.8, 4) is 11.1 Å². The van der Waals surface area contributed by atoms with E-state index in [-0.39, 0.29) is 0 Å². The van der Waals surface area contributed by atoms with Crippen LogP contribution in [-0.2, 0) is 13.0 Å². The van der Waals surface area contributed by atoms with Crippen LogP contribution in [0.3, 0.4) is 0 Å². The van der Waals surface area contributed by atoms with Crippen molar-refractivity contribution in [2.45, 2.75) is 18.9 Å². The van der Waals surface area contributed by atoms with Gasteiger partial charge in [-0.25, -0.2) is 4.98 Å². The van der Waals surface area contributed by atoms with Crippen LogP contribution in [0.15, 0.2) is 61.2 Å². The number of hydrogen-bond donors (Lipinski definition) is 0. The standard InChI is InChI=1S/C17H15N3/c1-2-6-16(14-10-17-19-8-9-20(17)12-14)15(5-1)13-4-3-7-18-11-13/h1-9,11,14H,10,12H2/t14-/m1/s1. The summed E-state index contributed by atoms with van der Waals surface area (Å²) in [6.45, 7) is 1.02. The average Bonchev–Trinajstić information content (AvgIpc) is 3.09. The van der Waals surface area contributed by atoms with Gasteiger partial charge >= 0.3 is 0 Å². The second kappa shape index (κ2) is 4.60. The summed E-state index contributed by atoms with van der Waals surface area (Å²) >= 11 is 0. The largest absolute Gasteiger partial charge is 0.334 e. The van der Waals surface area contributed by atoms with Gasteiger partial charge in [0, 0.05) is 49.2 Å². The fourth-order valence-corrected chi connectivity index (χ4v) is 3.06. The Kier molecular flexibility index (Phi) is 2.62. The number of imidazole rings is 1. The molecule has 3 aromatic rings. The van der Waals surface area contributed by atoms with E-state index >= 15 is 0 Å². The number of aromatic nitrogens is 3. The third kappa shape index (κ3) is 1.83. The van der Waals surface area contributed by atoms with Crippen molar-refractivity contribution >= 4 is 0 Å². The molecule has 1 aromatic carbocycles. The smallest absolute Gasteiger partial charge is 0.109 e. The van der Waals surface area contributed by atoms with Crippen molar-refractivity contribution < 1.29 is 0 Å². The maximum atomic E-state index is 4.43. The molecule has 0 amide bonds. The van der Waals surface area contributed by atoms with Gasteiger partial charge in [0.05, 0.1) is 0 Å². The summed E-state index contributed by atoms with van der Waals surface area (Å²) in [5.41, 5.74) is 3.87. The molecular weight excluding hydrogens is 246 g/mol. The molecule has 0 saturated heterocycles. The van der Waals surface area contributed by atoms with Crippen molar-refractivity contribution in [2.75, 3.05) is 0 Å². The van der Waals surface area contributed by atoms with Gasteiger partial charge in [-0.1, -0.05) is 30.3 Å². The Bertz CT molecular complexity index is 710. The van der Waals surface area contributed by atoms with Gasteiger partial charge in [0.1, 0.15) is 5.82 Å². The van der Waals surface area contributed by atoms with Crippen LogP contribution in [0.25, 0.3) is 11.1 Å². The fraction of sp³-hybridized carbons (Fsp3) is 0.176. The Morgan fingerprint density at radius 1 is 1.05 bits per heavy atom. The third-order valence-corrected chi connectivity index (χ3v) is 4.02. The van der Waals surface area contributed by atoms with Crippen molar-refractivity contribution in [3.05, 3.63) is 72.6 Å². The number of fused-ring (bicyclic) bond motifs is 1. The van der Waals surface area contributed by atoms with Crippen LogP contribution in [0.5, 0.6) is 0 Å². The summed E-state index contributed by atoms with van der Waals surface area (Å²) in [7, 11) is 0. The molecule has 2 aromatic heterocycles. The highest BCUT2D eigenvalue weighted by molar-refractivity contribution is 5.67. The number of nitrogens with zero attached hydrogens (tertiary/aromatic N) is 3. The molecule has 98 valence electrons.